The molecule has 3 rings (SSSR count). The minimum absolute atomic E-state index is 0.0389. The molecule has 1 fully saturated rings. The van der Waals surface area contributed by atoms with Crippen LogP contribution in [0.25, 0.3) is 5.69 Å². The van der Waals surface area contributed by atoms with Crippen molar-refractivity contribution in [3.8, 4) is 23.3 Å². The standard InChI is InChI=1S/C15H12ClFN2O2S/c1-2-3-6-21-13-8-12(11(17)7-10(13)16)19-15(20)22-14(18-19)9-4-5-9/h7-9H,4-6H2,1H3. The van der Waals surface area contributed by atoms with Gasteiger partial charge in [0, 0.05) is 12.0 Å². The molecule has 0 saturated heterocycles. The van der Waals surface area contributed by atoms with Gasteiger partial charge in [0.1, 0.15) is 23.1 Å². The van der Waals surface area contributed by atoms with E-state index in [1.54, 1.807) is 6.92 Å². The lowest BCUT2D eigenvalue weighted by Gasteiger charge is -2.08. The fourth-order valence-corrected chi connectivity index (χ4v) is 3.05. The second-order valence-electron chi connectivity index (χ2n) is 4.84. The minimum Gasteiger partial charge on any atom is -0.479 e. The summed E-state index contributed by atoms with van der Waals surface area (Å²) in [5, 5.41) is 5.10. The molecule has 0 amide bonds. The Kier molecular flexibility index (Phi) is 4.19. The van der Waals surface area contributed by atoms with Gasteiger partial charge in [-0.2, -0.15) is 9.78 Å². The van der Waals surface area contributed by atoms with Crippen LogP contribution in [0.15, 0.2) is 16.9 Å². The summed E-state index contributed by atoms with van der Waals surface area (Å²) in [6.45, 7) is 1.83. The van der Waals surface area contributed by atoms with Crippen molar-refractivity contribution in [3.63, 3.8) is 0 Å². The second-order valence-corrected chi connectivity index (χ2v) is 6.22. The van der Waals surface area contributed by atoms with E-state index in [1.165, 1.54) is 6.07 Å². The Bertz CT molecular complexity index is 830. The largest absolute Gasteiger partial charge is 0.479 e. The smallest absolute Gasteiger partial charge is 0.329 e. The van der Waals surface area contributed by atoms with Crippen LogP contribution in [-0.4, -0.2) is 16.4 Å². The quantitative estimate of drug-likeness (QED) is 0.803. The summed E-state index contributed by atoms with van der Waals surface area (Å²) >= 11 is 7.01. The number of rotatable bonds is 4. The van der Waals surface area contributed by atoms with Gasteiger partial charge in [-0.25, -0.2) is 4.39 Å². The molecule has 0 radical (unpaired) electrons. The molecule has 22 heavy (non-hydrogen) atoms. The van der Waals surface area contributed by atoms with Gasteiger partial charge < -0.3 is 4.74 Å². The maximum Gasteiger partial charge on any atom is 0.329 e. The lowest BCUT2D eigenvalue weighted by Crippen LogP contribution is -2.14. The maximum atomic E-state index is 14.1. The molecular formula is C15H12ClFN2O2S. The van der Waals surface area contributed by atoms with Gasteiger partial charge in [0.15, 0.2) is 5.82 Å². The maximum absolute atomic E-state index is 14.1. The highest BCUT2D eigenvalue weighted by atomic mass is 35.5. The van der Waals surface area contributed by atoms with Crippen LogP contribution in [0.4, 0.5) is 4.39 Å². The lowest BCUT2D eigenvalue weighted by molar-refractivity contribution is 0.369. The Morgan fingerprint density at radius 2 is 2.32 bits per heavy atom. The van der Waals surface area contributed by atoms with E-state index in [2.05, 4.69) is 16.9 Å². The number of nitrogens with zero attached hydrogens (tertiary/aromatic N) is 2. The van der Waals surface area contributed by atoms with E-state index in [9.17, 15) is 9.18 Å². The topological polar surface area (TPSA) is 44.1 Å². The number of hydrogen-bond acceptors (Lipinski definition) is 4. The summed E-state index contributed by atoms with van der Waals surface area (Å²) in [6, 6.07) is 2.50. The van der Waals surface area contributed by atoms with Crippen molar-refractivity contribution in [1.29, 1.82) is 0 Å². The third kappa shape index (κ3) is 3.01. The Morgan fingerprint density at radius 1 is 1.55 bits per heavy atom. The van der Waals surface area contributed by atoms with Crippen molar-refractivity contribution in [1.82, 2.24) is 9.78 Å². The number of halogens is 2. The molecule has 1 aromatic heterocycles. The predicted molar refractivity (Wildman–Crippen MR) is 83.6 cm³/mol. The Labute approximate surface area is 135 Å². The van der Waals surface area contributed by atoms with Crippen molar-refractivity contribution >= 4 is 22.9 Å². The number of ether oxygens (including phenoxy) is 1. The van der Waals surface area contributed by atoms with E-state index in [0.717, 1.165) is 39.9 Å². The summed E-state index contributed by atoms with van der Waals surface area (Å²) in [5.41, 5.74) is 0.0389. The first-order valence-corrected chi connectivity index (χ1v) is 7.91. The highest BCUT2D eigenvalue weighted by Gasteiger charge is 2.28. The van der Waals surface area contributed by atoms with Crippen LogP contribution in [0.1, 0.15) is 30.7 Å². The summed E-state index contributed by atoms with van der Waals surface area (Å²) in [6.07, 6.45) is 2.06. The molecule has 0 N–H and O–H groups in total. The molecule has 7 heteroatoms. The summed E-state index contributed by atoms with van der Waals surface area (Å²) in [7, 11) is 0. The fraction of sp³-hybridized carbons (Fsp3) is 0.333. The molecule has 0 spiro atoms. The third-order valence-corrected chi connectivity index (χ3v) is 4.46. The van der Waals surface area contributed by atoms with E-state index in [4.69, 9.17) is 16.3 Å². The monoisotopic (exact) mass is 338 g/mol. The van der Waals surface area contributed by atoms with Crippen LogP contribution in [0.3, 0.4) is 0 Å². The van der Waals surface area contributed by atoms with Crippen molar-refractivity contribution in [3.05, 3.63) is 37.6 Å². The third-order valence-electron chi connectivity index (χ3n) is 3.20. The van der Waals surface area contributed by atoms with Gasteiger partial charge in [0.05, 0.1) is 5.02 Å². The van der Waals surface area contributed by atoms with Crippen LogP contribution in [0.5, 0.6) is 5.75 Å². The van der Waals surface area contributed by atoms with Crippen LogP contribution < -0.4 is 9.61 Å². The van der Waals surface area contributed by atoms with Crippen LogP contribution in [0, 0.1) is 17.7 Å². The molecule has 0 unspecified atom stereocenters. The molecule has 1 aromatic carbocycles. The van der Waals surface area contributed by atoms with Gasteiger partial charge >= 0.3 is 4.87 Å². The molecule has 114 valence electrons. The van der Waals surface area contributed by atoms with Gasteiger partial charge in [-0.15, -0.1) is 5.92 Å². The molecular weight excluding hydrogens is 327 g/mol. The molecule has 0 bridgehead atoms. The van der Waals surface area contributed by atoms with E-state index in [0.29, 0.717) is 5.92 Å². The second kappa shape index (κ2) is 6.11. The number of benzene rings is 1. The zero-order valence-corrected chi connectivity index (χ0v) is 13.3. The average molecular weight is 339 g/mol. The van der Waals surface area contributed by atoms with Gasteiger partial charge in [-0.05, 0) is 25.8 Å². The van der Waals surface area contributed by atoms with Crippen LogP contribution in [0.2, 0.25) is 5.02 Å². The molecule has 1 saturated carbocycles. The van der Waals surface area contributed by atoms with Gasteiger partial charge in [0.2, 0.25) is 0 Å². The van der Waals surface area contributed by atoms with E-state index < -0.39 is 5.82 Å². The van der Waals surface area contributed by atoms with E-state index in [-0.39, 0.29) is 27.9 Å². The normalized spacial score (nSPS) is 13.6. The first kappa shape index (κ1) is 15.1. The first-order chi connectivity index (χ1) is 10.6. The summed E-state index contributed by atoms with van der Waals surface area (Å²) in [4.78, 5) is 11.7. The van der Waals surface area contributed by atoms with Crippen LogP contribution in [-0.2, 0) is 0 Å². The van der Waals surface area contributed by atoms with Crippen molar-refractivity contribution < 1.29 is 9.13 Å². The Morgan fingerprint density at radius 3 is 3.00 bits per heavy atom. The molecule has 1 heterocycles. The van der Waals surface area contributed by atoms with Crippen molar-refractivity contribution in [2.45, 2.75) is 25.7 Å². The van der Waals surface area contributed by atoms with E-state index in [1.807, 2.05) is 0 Å². The zero-order chi connectivity index (χ0) is 15.7. The Hall–Kier alpha value is -1.84. The highest BCUT2D eigenvalue weighted by molar-refractivity contribution is 7.09. The molecule has 2 aromatic rings. The molecule has 1 aliphatic rings. The SMILES string of the molecule is CC#CCOc1cc(-n2nc(C3CC3)sc2=O)c(F)cc1Cl. The average Bonchev–Trinajstić information content (AvgIpc) is 3.25. The van der Waals surface area contributed by atoms with Gasteiger partial charge in [-0.3, -0.25) is 4.79 Å². The molecule has 0 atom stereocenters. The fourth-order valence-electron chi connectivity index (χ4n) is 1.92. The predicted octanol–water partition coefficient (Wildman–Crippen LogP) is 3.37. The lowest BCUT2D eigenvalue weighted by atomic mass is 10.3. The summed E-state index contributed by atoms with van der Waals surface area (Å²) in [5.74, 6) is 5.41. The van der Waals surface area contributed by atoms with Crippen molar-refractivity contribution in [2.75, 3.05) is 6.61 Å². The minimum atomic E-state index is -0.617. The van der Waals surface area contributed by atoms with Crippen molar-refractivity contribution in [2.24, 2.45) is 0 Å². The van der Waals surface area contributed by atoms with Gasteiger partial charge in [0.25, 0.3) is 0 Å². The molecule has 1 aliphatic carbocycles. The van der Waals surface area contributed by atoms with Gasteiger partial charge in [-0.1, -0.05) is 28.9 Å². The molecule has 0 aliphatic heterocycles. The Balaban J connectivity index is 1.99. The highest BCUT2D eigenvalue weighted by Crippen LogP contribution is 2.40. The molecule has 4 nitrogen and oxygen atoms in total. The van der Waals surface area contributed by atoms with Crippen LogP contribution >= 0.6 is 22.9 Å². The zero-order valence-electron chi connectivity index (χ0n) is 11.7. The number of hydrogen-bond donors (Lipinski definition) is 0. The van der Waals surface area contributed by atoms with E-state index >= 15 is 0 Å². The first-order valence-electron chi connectivity index (χ1n) is 6.72. The number of aromatic nitrogens is 2. The summed E-state index contributed by atoms with van der Waals surface area (Å²) < 4.78 is 20.6.